The molecule has 2 aromatic carbocycles. The van der Waals surface area contributed by atoms with E-state index < -0.39 is 27.2 Å². The summed E-state index contributed by atoms with van der Waals surface area (Å²) in [7, 11) is -2.56. The second-order valence-corrected chi connectivity index (χ2v) is 9.38. The summed E-state index contributed by atoms with van der Waals surface area (Å²) in [5.41, 5.74) is 0.205. The largest absolute Gasteiger partial charge is 0.454 e. The maximum Gasteiger partial charge on any atom is 0.254 e. The van der Waals surface area contributed by atoms with Gasteiger partial charge in [-0.2, -0.15) is 0 Å². The molecule has 0 radical (unpaired) electrons. The maximum absolute atomic E-state index is 14.3. The molecule has 1 saturated heterocycles. The Labute approximate surface area is 179 Å². The van der Waals surface area contributed by atoms with Gasteiger partial charge in [0.05, 0.1) is 10.5 Å². The first kappa shape index (κ1) is 21.5. The summed E-state index contributed by atoms with van der Waals surface area (Å²) in [5, 5.41) is 2.79. The Balaban J connectivity index is 1.58. The fourth-order valence-electron chi connectivity index (χ4n) is 3.86. The van der Waals surface area contributed by atoms with Crippen LogP contribution >= 0.6 is 0 Å². The van der Waals surface area contributed by atoms with E-state index in [0.29, 0.717) is 37.6 Å². The van der Waals surface area contributed by atoms with Gasteiger partial charge in [0, 0.05) is 25.2 Å². The molecule has 2 N–H and O–H groups in total. The molecular formula is C21H23FN2O6S. The van der Waals surface area contributed by atoms with Crippen molar-refractivity contribution in [1.82, 2.24) is 10.0 Å². The Morgan fingerprint density at radius 1 is 1.10 bits per heavy atom. The third-order valence-corrected chi connectivity index (χ3v) is 7.20. The highest BCUT2D eigenvalue weighted by Crippen LogP contribution is 2.40. The number of hydrogen-bond acceptors (Lipinski definition) is 6. The molecule has 2 heterocycles. The third-order valence-electron chi connectivity index (χ3n) is 5.78. The van der Waals surface area contributed by atoms with Crippen LogP contribution < -0.4 is 19.5 Å². The van der Waals surface area contributed by atoms with Crippen molar-refractivity contribution in [3.63, 3.8) is 0 Å². The molecule has 31 heavy (non-hydrogen) atoms. The Morgan fingerprint density at radius 2 is 1.84 bits per heavy atom. The van der Waals surface area contributed by atoms with Gasteiger partial charge < -0.3 is 19.5 Å². The van der Waals surface area contributed by atoms with Gasteiger partial charge in [0.25, 0.3) is 5.91 Å². The van der Waals surface area contributed by atoms with Crippen LogP contribution in [0, 0.1) is 5.82 Å². The minimum Gasteiger partial charge on any atom is -0.454 e. The van der Waals surface area contributed by atoms with Gasteiger partial charge in [-0.1, -0.05) is 6.07 Å². The van der Waals surface area contributed by atoms with E-state index in [9.17, 15) is 17.6 Å². The van der Waals surface area contributed by atoms with Gasteiger partial charge in [0.15, 0.2) is 11.5 Å². The zero-order chi connectivity index (χ0) is 22.1. The van der Waals surface area contributed by atoms with Crippen LogP contribution in [0.3, 0.4) is 0 Å². The first-order valence-electron chi connectivity index (χ1n) is 9.84. The van der Waals surface area contributed by atoms with Gasteiger partial charge in [-0.05, 0) is 55.8 Å². The van der Waals surface area contributed by atoms with Gasteiger partial charge >= 0.3 is 0 Å². The quantitative estimate of drug-likeness (QED) is 0.697. The topological polar surface area (TPSA) is 103 Å². The van der Waals surface area contributed by atoms with E-state index in [1.807, 2.05) is 18.2 Å². The van der Waals surface area contributed by atoms with E-state index in [1.54, 1.807) is 0 Å². The predicted octanol–water partition coefficient (Wildman–Crippen LogP) is 1.94. The number of nitrogens with one attached hydrogen (secondary N) is 2. The molecule has 1 fully saturated rings. The molecule has 8 nitrogen and oxygen atoms in total. The van der Waals surface area contributed by atoms with Crippen LogP contribution in [0.15, 0.2) is 41.3 Å². The van der Waals surface area contributed by atoms with Crippen LogP contribution in [0.2, 0.25) is 0 Å². The lowest BCUT2D eigenvalue weighted by molar-refractivity contribution is 0.0486. The van der Waals surface area contributed by atoms with Crippen molar-refractivity contribution in [2.24, 2.45) is 0 Å². The molecule has 2 aliphatic rings. The summed E-state index contributed by atoms with van der Waals surface area (Å²) >= 11 is 0. The first-order chi connectivity index (χ1) is 14.8. The second kappa shape index (κ2) is 8.45. The molecule has 0 bridgehead atoms. The molecule has 10 heteroatoms. The summed E-state index contributed by atoms with van der Waals surface area (Å²) in [6.45, 7) is 1.44. The molecule has 1 amide bonds. The van der Waals surface area contributed by atoms with Crippen LogP contribution in [-0.2, 0) is 20.2 Å². The number of rotatable bonds is 6. The SMILES string of the molecule is CNS(=O)(=O)c1ccc(F)c(C(=O)NCC2(c3ccc4c(c3)OCO4)CCOCC2)c1. The fourth-order valence-corrected chi connectivity index (χ4v) is 4.62. The van der Waals surface area contributed by atoms with Crippen molar-refractivity contribution in [3.8, 4) is 11.5 Å². The zero-order valence-electron chi connectivity index (χ0n) is 16.9. The Hall–Kier alpha value is -2.69. The van der Waals surface area contributed by atoms with Crippen LogP contribution in [0.25, 0.3) is 0 Å². The number of fused-ring (bicyclic) bond motifs is 1. The van der Waals surface area contributed by atoms with E-state index in [2.05, 4.69) is 10.0 Å². The molecule has 4 rings (SSSR count). The van der Waals surface area contributed by atoms with Crippen molar-refractivity contribution in [3.05, 3.63) is 53.3 Å². The van der Waals surface area contributed by atoms with Crippen molar-refractivity contribution in [2.75, 3.05) is 33.6 Å². The number of carbonyl (C=O) groups is 1. The standard InChI is InChI=1S/C21H23FN2O6S/c1-23-31(26,27)15-3-4-17(22)16(11-15)20(25)24-12-21(6-8-28-9-7-21)14-2-5-18-19(10-14)30-13-29-18/h2-5,10-11,23H,6-9,12-13H2,1H3,(H,24,25). The van der Waals surface area contributed by atoms with Crippen molar-refractivity contribution < 1.29 is 31.8 Å². The van der Waals surface area contributed by atoms with Crippen molar-refractivity contribution in [2.45, 2.75) is 23.2 Å². The summed E-state index contributed by atoms with van der Waals surface area (Å²) in [4.78, 5) is 12.6. The Bertz CT molecular complexity index is 1100. The average Bonchev–Trinajstić information content (AvgIpc) is 3.26. The number of amides is 1. The number of sulfonamides is 1. The molecule has 0 saturated carbocycles. The lowest BCUT2D eigenvalue weighted by atomic mass is 9.74. The Kier molecular flexibility index (Phi) is 5.87. The van der Waals surface area contributed by atoms with Crippen LogP contribution in [0.5, 0.6) is 11.5 Å². The van der Waals surface area contributed by atoms with E-state index in [1.165, 1.54) is 7.05 Å². The van der Waals surface area contributed by atoms with Crippen LogP contribution in [0.4, 0.5) is 4.39 Å². The van der Waals surface area contributed by atoms with E-state index >= 15 is 0 Å². The molecule has 2 aliphatic heterocycles. The molecule has 2 aromatic rings. The lowest BCUT2D eigenvalue weighted by Crippen LogP contribution is -2.44. The van der Waals surface area contributed by atoms with Gasteiger partial charge in [-0.25, -0.2) is 17.5 Å². The minimum absolute atomic E-state index is 0.163. The molecular weight excluding hydrogens is 427 g/mol. The number of ether oxygens (including phenoxy) is 3. The van der Waals surface area contributed by atoms with Gasteiger partial charge in [0.1, 0.15) is 5.82 Å². The number of carbonyl (C=O) groups excluding carboxylic acids is 1. The van der Waals surface area contributed by atoms with E-state index in [4.69, 9.17) is 14.2 Å². The van der Waals surface area contributed by atoms with E-state index in [-0.39, 0.29) is 23.8 Å². The second-order valence-electron chi connectivity index (χ2n) is 7.49. The fraction of sp³-hybridized carbons (Fsp3) is 0.381. The summed E-state index contributed by atoms with van der Waals surface area (Å²) in [5.74, 6) is -0.167. The van der Waals surface area contributed by atoms with Gasteiger partial charge in [-0.15, -0.1) is 0 Å². The number of halogens is 1. The summed E-state index contributed by atoms with van der Waals surface area (Å²) in [6, 6.07) is 8.80. The highest BCUT2D eigenvalue weighted by Gasteiger charge is 2.36. The molecule has 0 unspecified atom stereocenters. The number of benzene rings is 2. The normalized spacial score (nSPS) is 17.4. The molecule has 0 aliphatic carbocycles. The monoisotopic (exact) mass is 450 g/mol. The highest BCUT2D eigenvalue weighted by molar-refractivity contribution is 7.89. The first-order valence-corrected chi connectivity index (χ1v) is 11.3. The third kappa shape index (κ3) is 4.23. The summed E-state index contributed by atoms with van der Waals surface area (Å²) < 4.78 is 56.9. The zero-order valence-corrected chi connectivity index (χ0v) is 17.8. The number of hydrogen-bond donors (Lipinski definition) is 2. The van der Waals surface area contributed by atoms with Gasteiger partial charge in [0.2, 0.25) is 16.8 Å². The molecule has 0 atom stereocenters. The average molecular weight is 450 g/mol. The lowest BCUT2D eigenvalue weighted by Gasteiger charge is -2.38. The summed E-state index contributed by atoms with van der Waals surface area (Å²) in [6.07, 6.45) is 1.31. The highest BCUT2D eigenvalue weighted by atomic mass is 32.2. The van der Waals surface area contributed by atoms with Gasteiger partial charge in [-0.3, -0.25) is 4.79 Å². The molecule has 0 spiro atoms. The minimum atomic E-state index is -3.81. The predicted molar refractivity (Wildman–Crippen MR) is 109 cm³/mol. The maximum atomic E-state index is 14.3. The molecule has 166 valence electrons. The van der Waals surface area contributed by atoms with Crippen LogP contribution in [-0.4, -0.2) is 47.9 Å². The van der Waals surface area contributed by atoms with Crippen molar-refractivity contribution in [1.29, 1.82) is 0 Å². The van der Waals surface area contributed by atoms with Crippen LogP contribution in [0.1, 0.15) is 28.8 Å². The Morgan fingerprint density at radius 3 is 2.58 bits per heavy atom. The van der Waals surface area contributed by atoms with Crippen molar-refractivity contribution >= 4 is 15.9 Å². The molecule has 0 aromatic heterocycles. The smallest absolute Gasteiger partial charge is 0.254 e. The van der Waals surface area contributed by atoms with E-state index in [0.717, 1.165) is 23.8 Å².